The summed E-state index contributed by atoms with van der Waals surface area (Å²) in [6, 6.07) is 7.18. The third kappa shape index (κ3) is 2.91. The van der Waals surface area contributed by atoms with Crippen LogP contribution >= 0.6 is 0 Å². The van der Waals surface area contributed by atoms with Crippen LogP contribution in [0.25, 0.3) is 0 Å². The van der Waals surface area contributed by atoms with Gasteiger partial charge in [0, 0.05) is 12.3 Å². The standard InChI is InChI=1S/C13H19NO3S/c1-13(9-15,14-11-5-6-11)10-3-7-12(8-4-10)18(2,16)17/h3-4,7-8,11,14-15H,5-6,9H2,1-2H3. The highest BCUT2D eigenvalue weighted by atomic mass is 32.2. The Morgan fingerprint density at radius 3 is 2.28 bits per heavy atom. The molecule has 0 spiro atoms. The summed E-state index contributed by atoms with van der Waals surface area (Å²) in [6.07, 6.45) is 3.46. The zero-order valence-corrected chi connectivity index (χ0v) is 11.5. The molecule has 0 aliphatic heterocycles. The van der Waals surface area contributed by atoms with Crippen molar-refractivity contribution in [2.24, 2.45) is 0 Å². The molecule has 100 valence electrons. The Morgan fingerprint density at radius 2 is 1.89 bits per heavy atom. The molecule has 1 atom stereocenters. The van der Waals surface area contributed by atoms with Crippen molar-refractivity contribution < 1.29 is 13.5 Å². The second kappa shape index (κ2) is 4.64. The number of aliphatic hydroxyl groups excluding tert-OH is 1. The van der Waals surface area contributed by atoms with Crippen molar-refractivity contribution >= 4 is 9.84 Å². The maximum atomic E-state index is 11.4. The van der Waals surface area contributed by atoms with E-state index in [0.717, 1.165) is 18.4 Å². The van der Waals surface area contributed by atoms with Crippen molar-refractivity contribution in [3.63, 3.8) is 0 Å². The van der Waals surface area contributed by atoms with Crippen molar-refractivity contribution in [1.82, 2.24) is 5.32 Å². The van der Waals surface area contributed by atoms with Crippen LogP contribution in [0.5, 0.6) is 0 Å². The Bertz CT molecular complexity index is 520. The Kier molecular flexibility index (Phi) is 3.49. The van der Waals surface area contributed by atoms with E-state index in [-0.39, 0.29) is 6.61 Å². The number of rotatable bonds is 5. The molecule has 0 heterocycles. The van der Waals surface area contributed by atoms with E-state index < -0.39 is 15.4 Å². The molecule has 0 amide bonds. The molecule has 1 aromatic carbocycles. The van der Waals surface area contributed by atoms with Crippen molar-refractivity contribution in [1.29, 1.82) is 0 Å². The summed E-state index contributed by atoms with van der Waals surface area (Å²) in [6.45, 7) is 1.92. The molecule has 1 aromatic rings. The Balaban J connectivity index is 2.26. The van der Waals surface area contributed by atoms with Crippen molar-refractivity contribution in [2.45, 2.75) is 36.2 Å². The first kappa shape index (κ1) is 13.5. The molecular weight excluding hydrogens is 250 g/mol. The topological polar surface area (TPSA) is 66.4 Å². The van der Waals surface area contributed by atoms with Gasteiger partial charge < -0.3 is 10.4 Å². The molecule has 1 unspecified atom stereocenters. The van der Waals surface area contributed by atoms with Crippen LogP contribution in [0, 0.1) is 0 Å². The molecule has 0 aromatic heterocycles. The second-order valence-electron chi connectivity index (χ2n) is 5.21. The van der Waals surface area contributed by atoms with Gasteiger partial charge in [0.05, 0.1) is 17.0 Å². The van der Waals surface area contributed by atoms with E-state index in [4.69, 9.17) is 0 Å². The summed E-state index contributed by atoms with van der Waals surface area (Å²) in [4.78, 5) is 0.304. The summed E-state index contributed by atoms with van der Waals surface area (Å²) < 4.78 is 22.8. The zero-order valence-electron chi connectivity index (χ0n) is 10.7. The molecule has 0 bridgehead atoms. The van der Waals surface area contributed by atoms with E-state index in [1.54, 1.807) is 24.3 Å². The Morgan fingerprint density at radius 1 is 1.33 bits per heavy atom. The van der Waals surface area contributed by atoms with E-state index in [1.807, 2.05) is 6.92 Å². The van der Waals surface area contributed by atoms with Gasteiger partial charge in [-0.3, -0.25) is 0 Å². The van der Waals surface area contributed by atoms with Gasteiger partial charge in [0.15, 0.2) is 9.84 Å². The maximum Gasteiger partial charge on any atom is 0.175 e. The van der Waals surface area contributed by atoms with Crippen molar-refractivity contribution in [2.75, 3.05) is 12.9 Å². The van der Waals surface area contributed by atoms with Crippen LogP contribution in [0.15, 0.2) is 29.2 Å². The third-order valence-corrected chi connectivity index (χ3v) is 4.46. The normalized spacial score (nSPS) is 19.5. The molecule has 0 radical (unpaired) electrons. The predicted octanol–water partition coefficient (Wildman–Crippen LogP) is 1.05. The van der Waals surface area contributed by atoms with Gasteiger partial charge in [-0.15, -0.1) is 0 Å². The molecule has 1 saturated carbocycles. The molecule has 1 aliphatic carbocycles. The summed E-state index contributed by atoms with van der Waals surface area (Å²) >= 11 is 0. The lowest BCUT2D eigenvalue weighted by Crippen LogP contribution is -2.44. The molecule has 1 aliphatic rings. The summed E-state index contributed by atoms with van der Waals surface area (Å²) in [5, 5.41) is 13.0. The summed E-state index contributed by atoms with van der Waals surface area (Å²) in [7, 11) is -3.17. The van der Waals surface area contributed by atoms with Gasteiger partial charge in [-0.05, 0) is 37.5 Å². The molecule has 18 heavy (non-hydrogen) atoms. The SMILES string of the molecule is CC(CO)(NC1CC1)c1ccc(S(C)(=O)=O)cc1. The highest BCUT2D eigenvalue weighted by Gasteiger charge is 2.33. The van der Waals surface area contributed by atoms with Crippen molar-refractivity contribution in [3.8, 4) is 0 Å². The average Bonchev–Trinajstić information content (AvgIpc) is 3.12. The summed E-state index contributed by atoms with van der Waals surface area (Å²) in [5.74, 6) is 0. The Hall–Kier alpha value is -0.910. The second-order valence-corrected chi connectivity index (χ2v) is 7.22. The van der Waals surface area contributed by atoms with Gasteiger partial charge in [-0.2, -0.15) is 0 Å². The maximum absolute atomic E-state index is 11.4. The first-order valence-electron chi connectivity index (χ1n) is 6.04. The zero-order chi connectivity index (χ0) is 13.4. The van der Waals surface area contributed by atoms with Gasteiger partial charge in [-0.25, -0.2) is 8.42 Å². The number of aliphatic hydroxyl groups is 1. The van der Waals surface area contributed by atoms with Gasteiger partial charge in [0.25, 0.3) is 0 Å². The van der Waals surface area contributed by atoms with Gasteiger partial charge in [0.1, 0.15) is 0 Å². The number of nitrogens with one attached hydrogen (secondary N) is 1. The fraction of sp³-hybridized carbons (Fsp3) is 0.538. The van der Waals surface area contributed by atoms with Gasteiger partial charge >= 0.3 is 0 Å². The molecule has 0 saturated heterocycles. The molecule has 2 rings (SSSR count). The van der Waals surface area contributed by atoms with Crippen LogP contribution in [-0.2, 0) is 15.4 Å². The van der Waals surface area contributed by atoms with Crippen LogP contribution < -0.4 is 5.32 Å². The van der Waals surface area contributed by atoms with E-state index in [9.17, 15) is 13.5 Å². The minimum atomic E-state index is -3.17. The van der Waals surface area contributed by atoms with E-state index in [2.05, 4.69) is 5.32 Å². The Labute approximate surface area is 108 Å². The number of benzene rings is 1. The summed E-state index contributed by atoms with van der Waals surface area (Å²) in [5.41, 5.74) is 0.404. The van der Waals surface area contributed by atoms with Gasteiger partial charge in [-0.1, -0.05) is 12.1 Å². The predicted molar refractivity (Wildman–Crippen MR) is 70.1 cm³/mol. The number of sulfone groups is 1. The average molecular weight is 269 g/mol. The number of hydrogen-bond donors (Lipinski definition) is 2. The molecule has 4 nitrogen and oxygen atoms in total. The smallest absolute Gasteiger partial charge is 0.175 e. The third-order valence-electron chi connectivity index (χ3n) is 3.34. The molecule has 2 N–H and O–H groups in total. The molecule has 1 fully saturated rings. The fourth-order valence-corrected chi connectivity index (χ4v) is 2.60. The lowest BCUT2D eigenvalue weighted by Gasteiger charge is -2.29. The van der Waals surface area contributed by atoms with Crippen LogP contribution in [0.1, 0.15) is 25.3 Å². The van der Waals surface area contributed by atoms with Crippen molar-refractivity contribution in [3.05, 3.63) is 29.8 Å². The van der Waals surface area contributed by atoms with Crippen LogP contribution in [0.4, 0.5) is 0 Å². The van der Waals surface area contributed by atoms with Crippen LogP contribution in [0.3, 0.4) is 0 Å². The minimum absolute atomic E-state index is 0.0122. The van der Waals surface area contributed by atoms with E-state index in [1.165, 1.54) is 6.26 Å². The lowest BCUT2D eigenvalue weighted by molar-refractivity contribution is 0.173. The monoisotopic (exact) mass is 269 g/mol. The molecule has 5 heteroatoms. The molecular formula is C13H19NO3S. The lowest BCUT2D eigenvalue weighted by atomic mass is 9.93. The van der Waals surface area contributed by atoms with E-state index >= 15 is 0 Å². The number of hydrogen-bond acceptors (Lipinski definition) is 4. The quantitative estimate of drug-likeness (QED) is 0.838. The highest BCUT2D eigenvalue weighted by Crippen LogP contribution is 2.28. The van der Waals surface area contributed by atoms with Crippen LogP contribution in [-0.4, -0.2) is 32.4 Å². The largest absolute Gasteiger partial charge is 0.394 e. The van der Waals surface area contributed by atoms with Crippen LogP contribution in [0.2, 0.25) is 0 Å². The highest BCUT2D eigenvalue weighted by molar-refractivity contribution is 7.90. The first-order chi connectivity index (χ1) is 8.35. The van der Waals surface area contributed by atoms with Gasteiger partial charge in [0.2, 0.25) is 0 Å². The minimum Gasteiger partial charge on any atom is -0.394 e. The fourth-order valence-electron chi connectivity index (χ4n) is 1.97. The first-order valence-corrected chi connectivity index (χ1v) is 7.93. The van der Waals surface area contributed by atoms with E-state index in [0.29, 0.717) is 10.9 Å².